The Balaban J connectivity index is 2.22. The Kier molecular flexibility index (Phi) is 3.12. The van der Waals surface area contributed by atoms with Crippen molar-refractivity contribution in [2.24, 2.45) is 0 Å². The van der Waals surface area contributed by atoms with Crippen LogP contribution in [0.1, 0.15) is 19.4 Å². The number of halogens is 1. The molecular weight excluding hydrogens is 274 g/mol. The van der Waals surface area contributed by atoms with Gasteiger partial charge in [0.25, 0.3) is 0 Å². The number of hydrogen-bond acceptors (Lipinski definition) is 3. The van der Waals surface area contributed by atoms with Gasteiger partial charge in [0.2, 0.25) is 0 Å². The van der Waals surface area contributed by atoms with Crippen LogP contribution in [0.2, 0.25) is 0 Å². The van der Waals surface area contributed by atoms with E-state index in [1.807, 2.05) is 0 Å². The molecule has 0 radical (unpaired) electrons. The molecule has 1 aromatic carbocycles. The normalized spacial score (nSPS) is 16.8. The molecule has 0 aliphatic carbocycles. The first kappa shape index (κ1) is 11.5. The van der Waals surface area contributed by atoms with Crippen LogP contribution in [-0.4, -0.2) is 21.6 Å². The average Bonchev–Trinajstić information content (AvgIpc) is 2.61. The maximum Gasteiger partial charge on any atom is 0.0619 e. The van der Waals surface area contributed by atoms with E-state index in [4.69, 9.17) is 0 Å². The highest BCUT2D eigenvalue weighted by molar-refractivity contribution is 9.10. The van der Waals surface area contributed by atoms with Gasteiger partial charge < -0.3 is 5.11 Å². The summed E-state index contributed by atoms with van der Waals surface area (Å²) in [6.07, 6.45) is 0. The maximum absolute atomic E-state index is 9.32. The first-order chi connectivity index (χ1) is 7.03. The number of rotatable bonds is 2. The number of fused-ring (bicyclic) bond motifs is 1. The lowest BCUT2D eigenvalue weighted by molar-refractivity contribution is 0.129. The van der Waals surface area contributed by atoms with E-state index < -0.39 is 0 Å². The number of aliphatic hydroxyl groups is 1. The van der Waals surface area contributed by atoms with Crippen LogP contribution in [0.4, 0.5) is 0 Å². The molecule has 2 nitrogen and oxygen atoms in total. The van der Waals surface area contributed by atoms with E-state index in [1.54, 1.807) is 11.9 Å². The smallest absolute Gasteiger partial charge is 0.0619 e. The Morgan fingerprint density at radius 3 is 2.93 bits per heavy atom. The molecule has 0 bridgehead atoms. The van der Waals surface area contributed by atoms with Crippen molar-refractivity contribution < 1.29 is 5.11 Å². The molecule has 1 aliphatic heterocycles. The molecule has 0 atom stereocenters. The highest BCUT2D eigenvalue weighted by atomic mass is 79.9. The molecule has 1 aromatic rings. The first-order valence-corrected chi connectivity index (χ1v) is 6.44. The fraction of sp³-hybridized carbons (Fsp3) is 0.455. The molecule has 1 aliphatic rings. The third kappa shape index (κ3) is 2.23. The number of nitrogens with zero attached hydrogens (tertiary/aromatic N) is 1. The topological polar surface area (TPSA) is 23.5 Å². The molecule has 0 amide bonds. The molecule has 0 unspecified atom stereocenters. The van der Waals surface area contributed by atoms with Crippen molar-refractivity contribution in [3.8, 4) is 0 Å². The third-order valence-corrected chi connectivity index (χ3v) is 4.54. The quantitative estimate of drug-likeness (QED) is 0.846. The van der Waals surface area contributed by atoms with Gasteiger partial charge in [-0.3, -0.25) is 0 Å². The highest BCUT2D eigenvalue weighted by Gasteiger charge is 2.32. The van der Waals surface area contributed by atoms with E-state index in [2.05, 4.69) is 52.3 Å². The van der Waals surface area contributed by atoms with Crippen molar-refractivity contribution in [2.45, 2.75) is 30.8 Å². The van der Waals surface area contributed by atoms with Crippen LogP contribution < -0.4 is 0 Å². The van der Waals surface area contributed by atoms with Crippen molar-refractivity contribution in [2.75, 3.05) is 6.61 Å². The van der Waals surface area contributed by atoms with E-state index in [0.29, 0.717) is 0 Å². The number of aliphatic hydroxyl groups excluding tert-OH is 1. The van der Waals surface area contributed by atoms with E-state index in [-0.39, 0.29) is 12.1 Å². The molecule has 1 N–H and O–H groups in total. The van der Waals surface area contributed by atoms with Crippen LogP contribution in [0, 0.1) is 0 Å². The number of benzene rings is 1. The second kappa shape index (κ2) is 4.09. The summed E-state index contributed by atoms with van der Waals surface area (Å²) in [5.74, 6) is 0. The minimum Gasteiger partial charge on any atom is -0.394 e. The summed E-state index contributed by atoms with van der Waals surface area (Å²) in [6, 6.07) is 6.33. The van der Waals surface area contributed by atoms with Crippen molar-refractivity contribution in [3.05, 3.63) is 28.2 Å². The second-order valence-corrected chi connectivity index (χ2v) is 6.33. The Bertz CT molecular complexity index is 381. The zero-order valence-electron chi connectivity index (χ0n) is 8.83. The highest BCUT2D eigenvalue weighted by Crippen LogP contribution is 2.41. The second-order valence-electron chi connectivity index (χ2n) is 4.35. The molecule has 1 heterocycles. The van der Waals surface area contributed by atoms with Crippen LogP contribution in [-0.2, 0) is 6.54 Å². The summed E-state index contributed by atoms with van der Waals surface area (Å²) >= 11 is 5.20. The molecule has 4 heteroatoms. The van der Waals surface area contributed by atoms with Crippen LogP contribution in [0.25, 0.3) is 0 Å². The monoisotopic (exact) mass is 287 g/mol. The predicted octanol–water partition coefficient (Wildman–Crippen LogP) is 3.04. The lowest BCUT2D eigenvalue weighted by atomic mass is 10.1. The SMILES string of the molecule is CC(C)(CO)N1Cc2cc(Br)ccc2S1. The van der Waals surface area contributed by atoms with E-state index >= 15 is 0 Å². The third-order valence-electron chi connectivity index (χ3n) is 2.61. The van der Waals surface area contributed by atoms with Crippen molar-refractivity contribution >= 4 is 27.9 Å². The van der Waals surface area contributed by atoms with E-state index in [1.165, 1.54) is 10.5 Å². The summed E-state index contributed by atoms with van der Waals surface area (Å²) in [4.78, 5) is 1.29. The molecule has 2 rings (SSSR count). The minimum absolute atomic E-state index is 0.170. The Hall–Kier alpha value is -0.0300. The molecule has 0 fully saturated rings. The van der Waals surface area contributed by atoms with Crippen molar-refractivity contribution in [1.82, 2.24) is 4.31 Å². The van der Waals surface area contributed by atoms with Gasteiger partial charge in [0, 0.05) is 21.5 Å². The van der Waals surface area contributed by atoms with Crippen LogP contribution in [0.5, 0.6) is 0 Å². The molecule has 82 valence electrons. The lowest BCUT2D eigenvalue weighted by Crippen LogP contribution is -2.40. The van der Waals surface area contributed by atoms with Gasteiger partial charge in [-0.1, -0.05) is 15.9 Å². The van der Waals surface area contributed by atoms with Gasteiger partial charge >= 0.3 is 0 Å². The van der Waals surface area contributed by atoms with Gasteiger partial charge in [0.15, 0.2) is 0 Å². The lowest BCUT2D eigenvalue weighted by Gasteiger charge is -2.31. The van der Waals surface area contributed by atoms with E-state index in [0.717, 1.165) is 11.0 Å². The van der Waals surface area contributed by atoms with Crippen molar-refractivity contribution in [3.63, 3.8) is 0 Å². The largest absolute Gasteiger partial charge is 0.394 e. The van der Waals surface area contributed by atoms with Gasteiger partial charge in [0.1, 0.15) is 0 Å². The van der Waals surface area contributed by atoms with Crippen LogP contribution in [0.3, 0.4) is 0 Å². The summed E-state index contributed by atoms with van der Waals surface area (Å²) in [6.45, 7) is 5.18. The van der Waals surface area contributed by atoms with Gasteiger partial charge in [-0.2, -0.15) is 0 Å². The summed E-state index contributed by atoms with van der Waals surface area (Å²) in [7, 11) is 0. The zero-order chi connectivity index (χ0) is 11.1. The molecular formula is C11H14BrNOS. The predicted molar refractivity (Wildman–Crippen MR) is 66.7 cm³/mol. The van der Waals surface area contributed by atoms with Gasteiger partial charge in [-0.25, -0.2) is 4.31 Å². The van der Waals surface area contributed by atoms with Crippen molar-refractivity contribution in [1.29, 1.82) is 0 Å². The van der Waals surface area contributed by atoms with Gasteiger partial charge in [-0.05, 0) is 49.6 Å². The molecule has 0 saturated carbocycles. The Morgan fingerprint density at radius 2 is 2.27 bits per heavy atom. The fourth-order valence-corrected chi connectivity index (χ4v) is 3.01. The summed E-state index contributed by atoms with van der Waals surface area (Å²) < 4.78 is 3.34. The van der Waals surface area contributed by atoms with E-state index in [9.17, 15) is 5.11 Å². The molecule has 15 heavy (non-hydrogen) atoms. The summed E-state index contributed by atoms with van der Waals surface area (Å²) in [5.41, 5.74) is 1.16. The standard InChI is InChI=1S/C11H14BrNOS/c1-11(2,7-14)13-6-8-5-9(12)3-4-10(8)15-13/h3-5,14H,6-7H2,1-2H3. The molecule has 0 spiro atoms. The molecule has 0 saturated heterocycles. The minimum atomic E-state index is -0.170. The summed E-state index contributed by atoms with van der Waals surface area (Å²) in [5, 5.41) is 9.32. The Morgan fingerprint density at radius 1 is 1.53 bits per heavy atom. The zero-order valence-corrected chi connectivity index (χ0v) is 11.2. The molecule has 0 aromatic heterocycles. The number of hydrogen-bond donors (Lipinski definition) is 1. The fourth-order valence-electron chi connectivity index (χ4n) is 1.48. The van der Waals surface area contributed by atoms with Gasteiger partial charge in [-0.15, -0.1) is 0 Å². The van der Waals surface area contributed by atoms with Gasteiger partial charge in [0.05, 0.1) is 6.61 Å². The maximum atomic E-state index is 9.32. The average molecular weight is 288 g/mol. The van der Waals surface area contributed by atoms with Crippen LogP contribution >= 0.6 is 27.9 Å². The first-order valence-electron chi connectivity index (χ1n) is 4.88. The van der Waals surface area contributed by atoms with Crippen LogP contribution in [0.15, 0.2) is 27.6 Å². The Labute approximate surface area is 103 Å².